The topological polar surface area (TPSA) is 29.5 Å². The predicted octanol–water partition coefficient (Wildman–Crippen LogP) is 1.74. The number of hydrogen-bond acceptors (Lipinski definition) is 2. The first-order valence-corrected chi connectivity index (χ1v) is 4.95. The van der Waals surface area contributed by atoms with E-state index in [0.717, 1.165) is 12.8 Å². The first kappa shape index (κ1) is 9.22. The first-order valence-electron chi connectivity index (χ1n) is 4.95. The van der Waals surface area contributed by atoms with E-state index in [9.17, 15) is 5.11 Å². The van der Waals surface area contributed by atoms with Gasteiger partial charge in [-0.1, -0.05) is 26.0 Å². The van der Waals surface area contributed by atoms with Crippen LogP contribution in [-0.4, -0.2) is 23.9 Å². The molecule has 0 heterocycles. The van der Waals surface area contributed by atoms with Gasteiger partial charge in [-0.15, -0.1) is 0 Å². The zero-order chi connectivity index (χ0) is 9.69. The van der Waals surface area contributed by atoms with Crippen molar-refractivity contribution in [3.8, 4) is 0 Å². The second-order valence-electron chi connectivity index (χ2n) is 4.89. The molecule has 0 saturated heterocycles. The lowest BCUT2D eigenvalue weighted by atomic mass is 9.57. The van der Waals surface area contributed by atoms with Crippen molar-refractivity contribution in [2.75, 3.05) is 7.11 Å². The minimum absolute atomic E-state index is 0.0387. The van der Waals surface area contributed by atoms with Gasteiger partial charge in [0.15, 0.2) is 0 Å². The van der Waals surface area contributed by atoms with Crippen molar-refractivity contribution in [1.82, 2.24) is 0 Å². The Labute approximate surface area is 79.6 Å². The summed E-state index contributed by atoms with van der Waals surface area (Å²) in [5.41, 5.74) is -0.443. The predicted molar refractivity (Wildman–Crippen MR) is 51.4 cm³/mol. The van der Waals surface area contributed by atoms with E-state index in [1.54, 1.807) is 7.11 Å². The Kier molecular flexibility index (Phi) is 1.83. The largest absolute Gasteiger partial charge is 0.389 e. The maximum atomic E-state index is 10.2. The van der Waals surface area contributed by atoms with Crippen LogP contribution in [0, 0.1) is 11.3 Å². The molecule has 1 N–H and O–H groups in total. The highest BCUT2D eigenvalue weighted by Crippen LogP contribution is 2.51. The van der Waals surface area contributed by atoms with Crippen molar-refractivity contribution in [2.24, 2.45) is 11.3 Å². The van der Waals surface area contributed by atoms with Crippen LogP contribution in [0.25, 0.3) is 0 Å². The molecule has 2 nitrogen and oxygen atoms in total. The summed E-state index contributed by atoms with van der Waals surface area (Å²) in [4.78, 5) is 0. The Hall–Kier alpha value is -0.340. The smallest absolute Gasteiger partial charge is 0.112 e. The van der Waals surface area contributed by atoms with Gasteiger partial charge >= 0.3 is 0 Å². The van der Waals surface area contributed by atoms with Crippen molar-refractivity contribution < 1.29 is 9.84 Å². The van der Waals surface area contributed by atoms with Crippen molar-refractivity contribution in [2.45, 2.75) is 38.4 Å². The summed E-state index contributed by atoms with van der Waals surface area (Å²) < 4.78 is 5.48. The standard InChI is InChI=1S/C11H18O2/c1-10(2)8-4-6-11(13-3,7-5-8)9(10)12/h4,6,8-9,12H,5,7H2,1-3H3/t8-,9+,11-/m0/s1. The minimum Gasteiger partial charge on any atom is -0.389 e. The fourth-order valence-corrected chi connectivity index (χ4v) is 2.80. The number of methoxy groups -OCH3 is 1. The van der Waals surface area contributed by atoms with Gasteiger partial charge in [-0.25, -0.2) is 0 Å². The number of aliphatic hydroxyl groups is 1. The summed E-state index contributed by atoms with van der Waals surface area (Å²) in [5, 5.41) is 10.2. The lowest BCUT2D eigenvalue weighted by Gasteiger charge is -2.54. The van der Waals surface area contributed by atoms with E-state index in [2.05, 4.69) is 26.0 Å². The average Bonchev–Trinajstić information content (AvgIpc) is 2.15. The highest BCUT2D eigenvalue weighted by Gasteiger charge is 2.54. The first-order chi connectivity index (χ1) is 6.03. The van der Waals surface area contributed by atoms with Gasteiger partial charge in [0, 0.05) is 12.5 Å². The maximum absolute atomic E-state index is 10.2. The Balaban J connectivity index is 2.41. The van der Waals surface area contributed by atoms with E-state index in [1.807, 2.05) is 0 Å². The van der Waals surface area contributed by atoms with E-state index >= 15 is 0 Å². The zero-order valence-electron chi connectivity index (χ0n) is 8.58. The number of rotatable bonds is 1. The van der Waals surface area contributed by atoms with E-state index < -0.39 is 5.60 Å². The molecule has 3 rings (SSSR count). The summed E-state index contributed by atoms with van der Waals surface area (Å²) >= 11 is 0. The van der Waals surface area contributed by atoms with Crippen molar-refractivity contribution in [3.63, 3.8) is 0 Å². The zero-order valence-corrected chi connectivity index (χ0v) is 8.58. The molecule has 0 unspecified atom stereocenters. The van der Waals surface area contributed by atoms with Crippen LogP contribution >= 0.6 is 0 Å². The number of hydrogen-bond donors (Lipinski definition) is 1. The second kappa shape index (κ2) is 2.58. The number of aliphatic hydroxyl groups excluding tert-OH is 1. The monoisotopic (exact) mass is 182 g/mol. The molecule has 0 radical (unpaired) electrons. The summed E-state index contributed by atoms with van der Waals surface area (Å²) in [6.07, 6.45) is 5.98. The van der Waals surface area contributed by atoms with E-state index in [4.69, 9.17) is 4.74 Å². The Morgan fingerprint density at radius 3 is 2.54 bits per heavy atom. The third-order valence-corrected chi connectivity index (χ3v) is 3.96. The Morgan fingerprint density at radius 1 is 1.46 bits per heavy atom. The molecule has 1 saturated carbocycles. The third-order valence-electron chi connectivity index (χ3n) is 3.96. The highest BCUT2D eigenvalue weighted by atomic mass is 16.5. The summed E-state index contributed by atoms with van der Waals surface area (Å²) in [5.74, 6) is 0.513. The summed E-state index contributed by atoms with van der Waals surface area (Å²) in [6, 6.07) is 0. The van der Waals surface area contributed by atoms with Crippen molar-refractivity contribution in [1.29, 1.82) is 0 Å². The molecular formula is C11H18O2. The molecular weight excluding hydrogens is 164 g/mol. The minimum atomic E-state index is -0.405. The van der Waals surface area contributed by atoms with Gasteiger partial charge in [0.25, 0.3) is 0 Å². The van der Waals surface area contributed by atoms with Gasteiger partial charge in [-0.2, -0.15) is 0 Å². The molecule has 0 aromatic heterocycles. The molecule has 74 valence electrons. The van der Waals surface area contributed by atoms with E-state index in [-0.39, 0.29) is 11.5 Å². The Morgan fingerprint density at radius 2 is 2.15 bits per heavy atom. The van der Waals surface area contributed by atoms with Crippen LogP contribution in [0.5, 0.6) is 0 Å². The highest BCUT2D eigenvalue weighted by molar-refractivity contribution is 5.22. The molecule has 0 aliphatic heterocycles. The molecule has 3 aliphatic rings. The fourth-order valence-electron chi connectivity index (χ4n) is 2.80. The normalized spacial score (nSPS) is 46.8. The SMILES string of the molecule is CO[C@@]12C=C[C@@H](CC1)C(C)(C)[C@H]2O. The van der Waals surface area contributed by atoms with Gasteiger partial charge in [0.2, 0.25) is 0 Å². The number of fused-ring (bicyclic) bond motifs is 2. The fraction of sp³-hybridized carbons (Fsp3) is 0.818. The summed E-state index contributed by atoms with van der Waals surface area (Å²) in [6.45, 7) is 4.25. The molecule has 3 atom stereocenters. The van der Waals surface area contributed by atoms with Crippen molar-refractivity contribution >= 4 is 0 Å². The molecule has 0 aromatic rings. The van der Waals surface area contributed by atoms with Crippen LogP contribution in [0.15, 0.2) is 12.2 Å². The lowest BCUT2D eigenvalue weighted by Crippen LogP contribution is -2.59. The van der Waals surface area contributed by atoms with Crippen molar-refractivity contribution in [3.05, 3.63) is 12.2 Å². The number of allylic oxidation sites excluding steroid dienone is 1. The van der Waals surface area contributed by atoms with Gasteiger partial charge < -0.3 is 9.84 Å². The molecule has 2 bridgehead atoms. The maximum Gasteiger partial charge on any atom is 0.112 e. The average molecular weight is 182 g/mol. The lowest BCUT2D eigenvalue weighted by molar-refractivity contribution is -0.166. The van der Waals surface area contributed by atoms with Crippen LogP contribution in [0.4, 0.5) is 0 Å². The third kappa shape index (κ3) is 1.02. The number of ether oxygens (including phenoxy) is 1. The molecule has 13 heavy (non-hydrogen) atoms. The van der Waals surface area contributed by atoms with Gasteiger partial charge in [0.1, 0.15) is 5.60 Å². The van der Waals surface area contributed by atoms with Crippen LogP contribution < -0.4 is 0 Å². The van der Waals surface area contributed by atoms with Crippen LogP contribution in [0.3, 0.4) is 0 Å². The molecule has 0 aromatic carbocycles. The molecule has 2 heteroatoms. The van der Waals surface area contributed by atoms with Gasteiger partial charge in [0.05, 0.1) is 6.10 Å². The molecule has 0 amide bonds. The second-order valence-corrected chi connectivity index (χ2v) is 4.89. The van der Waals surface area contributed by atoms with Crippen LogP contribution in [-0.2, 0) is 4.74 Å². The molecule has 1 fully saturated rings. The van der Waals surface area contributed by atoms with Gasteiger partial charge in [-0.05, 0) is 18.8 Å². The molecule has 0 spiro atoms. The van der Waals surface area contributed by atoms with Gasteiger partial charge in [-0.3, -0.25) is 0 Å². The Bertz CT molecular complexity index is 244. The van der Waals surface area contributed by atoms with E-state index in [0.29, 0.717) is 5.92 Å². The summed E-state index contributed by atoms with van der Waals surface area (Å²) in [7, 11) is 1.69. The van der Waals surface area contributed by atoms with Crippen LogP contribution in [0.1, 0.15) is 26.7 Å². The van der Waals surface area contributed by atoms with E-state index in [1.165, 1.54) is 0 Å². The molecule has 3 aliphatic carbocycles. The van der Waals surface area contributed by atoms with Crippen LogP contribution in [0.2, 0.25) is 0 Å². The quantitative estimate of drug-likeness (QED) is 0.626.